The van der Waals surface area contributed by atoms with E-state index < -0.39 is 0 Å². The molecule has 0 saturated heterocycles. The van der Waals surface area contributed by atoms with Crippen LogP contribution in [0, 0.1) is 0 Å². The zero-order chi connectivity index (χ0) is 14.3. The molecule has 0 aliphatic carbocycles. The Morgan fingerprint density at radius 3 is 2.70 bits per heavy atom. The zero-order valence-electron chi connectivity index (χ0n) is 11.9. The third-order valence-electron chi connectivity index (χ3n) is 3.45. The van der Waals surface area contributed by atoms with E-state index in [4.69, 9.17) is 5.73 Å². The van der Waals surface area contributed by atoms with Gasteiger partial charge < -0.3 is 15.5 Å². The number of para-hydroxylation sites is 1. The predicted octanol–water partition coefficient (Wildman–Crippen LogP) is 1.60. The molecule has 1 atom stereocenters. The van der Waals surface area contributed by atoms with Gasteiger partial charge in [-0.15, -0.1) is 0 Å². The molecule has 3 rings (SSSR count). The molecule has 1 unspecified atom stereocenters. The standard InChI is InChI=1S/C14H18N6/c1-9-8-10-6-4-5-7-11(10)20(9)14-17-12(15)16-13(18-14)19(2)3/h4-7,9H,8H2,1-3H3,(H2,15,16,17,18). The van der Waals surface area contributed by atoms with Crippen molar-refractivity contribution < 1.29 is 0 Å². The first-order valence-corrected chi connectivity index (χ1v) is 6.62. The maximum absolute atomic E-state index is 5.81. The first-order chi connectivity index (χ1) is 9.56. The van der Waals surface area contributed by atoms with Crippen molar-refractivity contribution in [2.24, 2.45) is 0 Å². The smallest absolute Gasteiger partial charge is 0.236 e. The number of nitrogens with zero attached hydrogens (tertiary/aromatic N) is 5. The number of hydrogen-bond acceptors (Lipinski definition) is 6. The minimum absolute atomic E-state index is 0.246. The lowest BCUT2D eigenvalue weighted by Gasteiger charge is -2.23. The third-order valence-corrected chi connectivity index (χ3v) is 3.45. The molecule has 0 amide bonds. The molecule has 0 saturated carbocycles. The fourth-order valence-corrected chi connectivity index (χ4v) is 2.55. The van der Waals surface area contributed by atoms with Crippen LogP contribution in [0.2, 0.25) is 0 Å². The molecule has 1 aromatic heterocycles. The highest BCUT2D eigenvalue weighted by Gasteiger charge is 2.29. The van der Waals surface area contributed by atoms with E-state index in [1.165, 1.54) is 5.56 Å². The molecule has 0 spiro atoms. The molecule has 6 nitrogen and oxygen atoms in total. The Morgan fingerprint density at radius 1 is 1.20 bits per heavy atom. The van der Waals surface area contributed by atoms with Crippen molar-refractivity contribution in [3.63, 3.8) is 0 Å². The van der Waals surface area contributed by atoms with Gasteiger partial charge in [0.15, 0.2) is 0 Å². The molecular formula is C14H18N6. The minimum Gasteiger partial charge on any atom is -0.368 e. The number of nitrogens with two attached hydrogens (primary N) is 1. The number of fused-ring (bicyclic) bond motifs is 1. The van der Waals surface area contributed by atoms with Gasteiger partial charge in [-0.3, -0.25) is 0 Å². The number of nitrogen functional groups attached to an aromatic ring is 1. The highest BCUT2D eigenvalue weighted by molar-refractivity contribution is 5.67. The lowest BCUT2D eigenvalue weighted by Crippen LogP contribution is -2.27. The summed E-state index contributed by atoms with van der Waals surface area (Å²) in [6, 6.07) is 8.63. The minimum atomic E-state index is 0.246. The molecule has 1 aromatic carbocycles. The maximum atomic E-state index is 5.81. The van der Waals surface area contributed by atoms with Gasteiger partial charge >= 0.3 is 0 Å². The van der Waals surface area contributed by atoms with Gasteiger partial charge in [0.1, 0.15) is 0 Å². The van der Waals surface area contributed by atoms with Crippen molar-refractivity contribution in [1.82, 2.24) is 15.0 Å². The van der Waals surface area contributed by atoms with E-state index in [1.54, 1.807) is 0 Å². The molecule has 1 aliphatic rings. The Morgan fingerprint density at radius 2 is 1.95 bits per heavy atom. The Bertz CT molecular complexity index is 639. The number of benzene rings is 1. The van der Waals surface area contributed by atoms with Crippen LogP contribution in [0.25, 0.3) is 0 Å². The van der Waals surface area contributed by atoms with Crippen LogP contribution < -0.4 is 15.5 Å². The van der Waals surface area contributed by atoms with Gasteiger partial charge in [-0.1, -0.05) is 18.2 Å². The summed E-state index contributed by atoms with van der Waals surface area (Å²) in [5, 5.41) is 0. The Kier molecular flexibility index (Phi) is 2.93. The van der Waals surface area contributed by atoms with Gasteiger partial charge in [0.05, 0.1) is 0 Å². The number of rotatable bonds is 2. The van der Waals surface area contributed by atoms with E-state index in [1.807, 2.05) is 25.1 Å². The molecule has 6 heteroatoms. The second-order valence-electron chi connectivity index (χ2n) is 5.24. The summed E-state index contributed by atoms with van der Waals surface area (Å²) in [5.74, 6) is 1.43. The highest BCUT2D eigenvalue weighted by atomic mass is 15.4. The van der Waals surface area contributed by atoms with Crippen LogP contribution >= 0.6 is 0 Å². The van der Waals surface area contributed by atoms with Gasteiger partial charge in [0.25, 0.3) is 0 Å². The molecule has 2 heterocycles. The van der Waals surface area contributed by atoms with E-state index in [9.17, 15) is 0 Å². The number of anilines is 4. The van der Waals surface area contributed by atoms with Crippen molar-refractivity contribution in [1.29, 1.82) is 0 Å². The normalized spacial score (nSPS) is 17.1. The largest absolute Gasteiger partial charge is 0.368 e. The van der Waals surface area contributed by atoms with Gasteiger partial charge in [-0.25, -0.2) is 0 Å². The van der Waals surface area contributed by atoms with Crippen LogP contribution in [0.4, 0.5) is 23.5 Å². The fourth-order valence-electron chi connectivity index (χ4n) is 2.55. The quantitative estimate of drug-likeness (QED) is 0.893. The average molecular weight is 270 g/mol. The van der Waals surface area contributed by atoms with Crippen LogP contribution in [0.5, 0.6) is 0 Å². The maximum Gasteiger partial charge on any atom is 0.236 e. The fraction of sp³-hybridized carbons (Fsp3) is 0.357. The molecule has 2 N–H and O–H groups in total. The van der Waals surface area contributed by atoms with Gasteiger partial charge in [-0.2, -0.15) is 15.0 Å². The summed E-state index contributed by atoms with van der Waals surface area (Å²) in [7, 11) is 3.78. The van der Waals surface area contributed by atoms with Crippen molar-refractivity contribution in [2.45, 2.75) is 19.4 Å². The van der Waals surface area contributed by atoms with Gasteiger partial charge in [-0.05, 0) is 25.0 Å². The Labute approximate surface area is 118 Å². The van der Waals surface area contributed by atoms with Crippen molar-refractivity contribution in [3.8, 4) is 0 Å². The first-order valence-electron chi connectivity index (χ1n) is 6.62. The van der Waals surface area contributed by atoms with Crippen molar-refractivity contribution in [2.75, 3.05) is 29.6 Å². The lowest BCUT2D eigenvalue weighted by atomic mass is 10.1. The highest BCUT2D eigenvalue weighted by Crippen LogP contribution is 2.36. The second kappa shape index (κ2) is 4.63. The van der Waals surface area contributed by atoms with Crippen LogP contribution in [0.3, 0.4) is 0 Å². The van der Waals surface area contributed by atoms with Crippen LogP contribution in [0.1, 0.15) is 12.5 Å². The van der Waals surface area contributed by atoms with Crippen LogP contribution in [0.15, 0.2) is 24.3 Å². The first kappa shape index (κ1) is 12.7. The summed E-state index contributed by atoms with van der Waals surface area (Å²) < 4.78 is 0. The van der Waals surface area contributed by atoms with Gasteiger partial charge in [0, 0.05) is 25.8 Å². The molecule has 104 valence electrons. The topological polar surface area (TPSA) is 71.2 Å². The Hall–Kier alpha value is -2.37. The number of aromatic nitrogens is 3. The second-order valence-corrected chi connectivity index (χ2v) is 5.24. The zero-order valence-corrected chi connectivity index (χ0v) is 11.9. The summed E-state index contributed by atoms with van der Waals surface area (Å²) in [5.41, 5.74) is 8.27. The molecular weight excluding hydrogens is 252 g/mol. The molecule has 0 fully saturated rings. The summed E-state index contributed by atoms with van der Waals surface area (Å²) in [4.78, 5) is 16.9. The summed E-state index contributed by atoms with van der Waals surface area (Å²) in [6.45, 7) is 2.16. The monoisotopic (exact) mass is 270 g/mol. The lowest BCUT2D eigenvalue weighted by molar-refractivity contribution is 0.736. The van der Waals surface area contributed by atoms with Crippen molar-refractivity contribution in [3.05, 3.63) is 29.8 Å². The average Bonchev–Trinajstić information content (AvgIpc) is 2.73. The molecule has 2 aromatic rings. The van der Waals surface area contributed by atoms with E-state index in [-0.39, 0.29) is 5.95 Å². The SMILES string of the molecule is CC1Cc2ccccc2N1c1nc(N)nc(N(C)C)n1. The molecule has 1 aliphatic heterocycles. The van der Waals surface area contributed by atoms with E-state index in [2.05, 4.69) is 45.0 Å². The van der Waals surface area contributed by atoms with E-state index in [0.29, 0.717) is 17.9 Å². The third kappa shape index (κ3) is 2.03. The molecule has 0 bridgehead atoms. The predicted molar refractivity (Wildman–Crippen MR) is 80.3 cm³/mol. The molecule has 20 heavy (non-hydrogen) atoms. The number of hydrogen-bond donors (Lipinski definition) is 1. The summed E-state index contributed by atoms with van der Waals surface area (Å²) >= 11 is 0. The molecule has 0 radical (unpaired) electrons. The van der Waals surface area contributed by atoms with E-state index >= 15 is 0 Å². The van der Waals surface area contributed by atoms with Gasteiger partial charge in [0.2, 0.25) is 17.8 Å². The van der Waals surface area contributed by atoms with Crippen LogP contribution in [-0.2, 0) is 6.42 Å². The van der Waals surface area contributed by atoms with E-state index in [0.717, 1.165) is 12.1 Å². The van der Waals surface area contributed by atoms with Crippen LogP contribution in [-0.4, -0.2) is 35.1 Å². The van der Waals surface area contributed by atoms with Crippen molar-refractivity contribution >= 4 is 23.5 Å². The Balaban J connectivity index is 2.09. The summed E-state index contributed by atoms with van der Waals surface area (Å²) in [6.07, 6.45) is 0.985.